The van der Waals surface area contributed by atoms with Gasteiger partial charge in [-0.15, -0.1) is 5.10 Å². The molecule has 0 bridgehead atoms. The van der Waals surface area contributed by atoms with Crippen LogP contribution < -0.4 is 21.9 Å². The fourth-order valence-electron chi connectivity index (χ4n) is 4.63. The van der Waals surface area contributed by atoms with Crippen molar-refractivity contribution in [2.24, 2.45) is 0 Å². The summed E-state index contributed by atoms with van der Waals surface area (Å²) in [4.78, 5) is 51.6. The number of nitrogens with zero attached hydrogens (tertiary/aromatic N) is 4. The van der Waals surface area contributed by atoms with E-state index in [-0.39, 0.29) is 36.3 Å². The Morgan fingerprint density at radius 2 is 1.72 bits per heavy atom. The highest BCUT2D eigenvalue weighted by Gasteiger charge is 2.21. The molecular formula is C25H25FN6O4. The Morgan fingerprint density at radius 1 is 1.00 bits per heavy atom. The Morgan fingerprint density at radius 3 is 2.47 bits per heavy atom. The number of benzene rings is 2. The first kappa shape index (κ1) is 23.5. The molecule has 36 heavy (non-hydrogen) atoms. The Labute approximate surface area is 204 Å². The number of para-hydroxylation sites is 1. The maximum absolute atomic E-state index is 13.3. The van der Waals surface area contributed by atoms with Gasteiger partial charge in [-0.1, -0.05) is 25.0 Å². The quantitative estimate of drug-likeness (QED) is 0.409. The molecule has 0 atom stereocenters. The molecule has 2 amide bonds. The number of hydrogen-bond donors (Lipinski definition) is 2. The van der Waals surface area contributed by atoms with Crippen LogP contribution in [0, 0.1) is 5.82 Å². The molecule has 1 aliphatic carbocycles. The van der Waals surface area contributed by atoms with Crippen LogP contribution in [-0.2, 0) is 22.7 Å². The molecule has 11 heteroatoms. The standard InChI is InChI=1S/C25H25FN6O4/c26-16-9-11-18(12-10-16)28-22(34)15-31-25(36)32-20-8-4-3-7-19(20)23(35)30(24(32)29-31)14-13-21(33)27-17-5-1-2-6-17/h3-4,7-12,17H,1-2,5-6,13-15H2,(H,27,33)(H,28,34). The second-order valence-electron chi connectivity index (χ2n) is 8.90. The Balaban J connectivity index is 1.46. The van der Waals surface area contributed by atoms with Gasteiger partial charge in [0.1, 0.15) is 12.4 Å². The first-order valence-corrected chi connectivity index (χ1v) is 11.9. The van der Waals surface area contributed by atoms with E-state index in [4.69, 9.17) is 0 Å². The summed E-state index contributed by atoms with van der Waals surface area (Å²) in [5.41, 5.74) is -0.243. The number of carbonyl (C=O) groups excluding carboxylic acids is 2. The minimum Gasteiger partial charge on any atom is -0.353 e. The lowest BCUT2D eigenvalue weighted by Crippen LogP contribution is -2.34. The number of hydrogen-bond acceptors (Lipinski definition) is 5. The largest absolute Gasteiger partial charge is 0.353 e. The molecule has 2 aromatic carbocycles. The summed E-state index contributed by atoms with van der Waals surface area (Å²) < 4.78 is 16.7. The van der Waals surface area contributed by atoms with Gasteiger partial charge in [-0.2, -0.15) is 0 Å². The molecule has 5 rings (SSSR count). The highest BCUT2D eigenvalue weighted by Crippen LogP contribution is 2.18. The van der Waals surface area contributed by atoms with Crippen molar-refractivity contribution in [3.8, 4) is 0 Å². The van der Waals surface area contributed by atoms with Crippen LogP contribution in [0.15, 0.2) is 58.1 Å². The van der Waals surface area contributed by atoms with Gasteiger partial charge in [0.05, 0.1) is 10.9 Å². The predicted molar refractivity (Wildman–Crippen MR) is 131 cm³/mol. The predicted octanol–water partition coefficient (Wildman–Crippen LogP) is 2.04. The number of aryl methyl sites for hydroxylation is 1. The topological polar surface area (TPSA) is 120 Å². The first-order valence-electron chi connectivity index (χ1n) is 11.9. The molecule has 10 nitrogen and oxygen atoms in total. The van der Waals surface area contributed by atoms with Gasteiger partial charge in [0.25, 0.3) is 5.56 Å². The van der Waals surface area contributed by atoms with Crippen molar-refractivity contribution in [3.05, 3.63) is 75.2 Å². The van der Waals surface area contributed by atoms with E-state index in [9.17, 15) is 23.6 Å². The van der Waals surface area contributed by atoms with Gasteiger partial charge >= 0.3 is 5.69 Å². The van der Waals surface area contributed by atoms with Gasteiger partial charge < -0.3 is 10.6 Å². The summed E-state index contributed by atoms with van der Waals surface area (Å²) in [6.45, 7) is -0.382. The van der Waals surface area contributed by atoms with Crippen LogP contribution in [0.1, 0.15) is 32.1 Å². The summed E-state index contributed by atoms with van der Waals surface area (Å²) >= 11 is 0. The second kappa shape index (κ2) is 9.76. The summed E-state index contributed by atoms with van der Waals surface area (Å²) in [5.74, 6) is -1.10. The van der Waals surface area contributed by atoms with E-state index >= 15 is 0 Å². The molecule has 0 aliphatic heterocycles. The minimum absolute atomic E-state index is 0.0317. The van der Waals surface area contributed by atoms with Crippen molar-refractivity contribution in [2.45, 2.75) is 51.2 Å². The second-order valence-corrected chi connectivity index (χ2v) is 8.90. The van der Waals surface area contributed by atoms with Gasteiger partial charge in [-0.3, -0.25) is 19.0 Å². The smallest absolute Gasteiger partial charge is 0.352 e. The van der Waals surface area contributed by atoms with Crippen LogP contribution in [0.25, 0.3) is 16.7 Å². The van der Waals surface area contributed by atoms with Crippen LogP contribution in [0.3, 0.4) is 0 Å². The summed E-state index contributed by atoms with van der Waals surface area (Å²) in [5, 5.41) is 10.2. The lowest BCUT2D eigenvalue weighted by Gasteiger charge is -2.13. The van der Waals surface area contributed by atoms with Crippen molar-refractivity contribution in [1.82, 2.24) is 24.1 Å². The van der Waals surface area contributed by atoms with Gasteiger partial charge in [0.15, 0.2) is 0 Å². The summed E-state index contributed by atoms with van der Waals surface area (Å²) in [7, 11) is 0. The SMILES string of the molecule is O=C(Cn1nc2n(CCC(=O)NC3CCCC3)c(=O)c3ccccc3n2c1=O)Nc1ccc(F)cc1. The average Bonchev–Trinajstić information content (AvgIpc) is 3.48. The maximum Gasteiger partial charge on any atom is 0.352 e. The van der Waals surface area contributed by atoms with Crippen molar-refractivity contribution in [1.29, 1.82) is 0 Å². The number of amides is 2. The molecule has 2 N–H and O–H groups in total. The van der Waals surface area contributed by atoms with Crippen molar-refractivity contribution in [3.63, 3.8) is 0 Å². The fraction of sp³-hybridized carbons (Fsp3) is 0.320. The van der Waals surface area contributed by atoms with Crippen LogP contribution in [-0.4, -0.2) is 36.6 Å². The number of halogens is 1. The zero-order valence-electron chi connectivity index (χ0n) is 19.4. The van der Waals surface area contributed by atoms with Crippen molar-refractivity contribution >= 4 is 34.2 Å². The molecule has 0 spiro atoms. The van der Waals surface area contributed by atoms with Gasteiger partial charge in [0, 0.05) is 24.7 Å². The number of aromatic nitrogens is 4. The summed E-state index contributed by atoms with van der Waals surface area (Å²) in [6, 6.07) is 12.0. The molecule has 2 heterocycles. The maximum atomic E-state index is 13.3. The van der Waals surface area contributed by atoms with Gasteiger partial charge in [-0.25, -0.2) is 18.3 Å². The van der Waals surface area contributed by atoms with Crippen LogP contribution in [0.4, 0.5) is 10.1 Å². The molecule has 0 saturated heterocycles. The third kappa shape index (κ3) is 4.64. The van der Waals surface area contributed by atoms with E-state index in [2.05, 4.69) is 15.7 Å². The Kier molecular flexibility index (Phi) is 6.36. The van der Waals surface area contributed by atoms with E-state index in [1.54, 1.807) is 24.3 Å². The van der Waals surface area contributed by atoms with E-state index in [1.165, 1.54) is 33.2 Å². The lowest BCUT2D eigenvalue weighted by atomic mass is 10.2. The highest BCUT2D eigenvalue weighted by molar-refractivity contribution is 5.90. The van der Waals surface area contributed by atoms with E-state index in [1.807, 2.05) is 0 Å². The Bertz CT molecular complexity index is 1560. The third-order valence-electron chi connectivity index (χ3n) is 6.39. The summed E-state index contributed by atoms with van der Waals surface area (Å²) in [6.07, 6.45) is 4.13. The molecule has 0 unspecified atom stereocenters. The zero-order valence-corrected chi connectivity index (χ0v) is 19.4. The van der Waals surface area contributed by atoms with Crippen LogP contribution in [0.2, 0.25) is 0 Å². The highest BCUT2D eigenvalue weighted by atomic mass is 19.1. The molecule has 186 valence electrons. The van der Waals surface area contributed by atoms with Crippen LogP contribution in [0.5, 0.6) is 0 Å². The molecule has 1 saturated carbocycles. The van der Waals surface area contributed by atoms with Crippen molar-refractivity contribution in [2.75, 3.05) is 5.32 Å². The normalized spacial score (nSPS) is 13.9. The van der Waals surface area contributed by atoms with Crippen LogP contribution >= 0.6 is 0 Å². The molecule has 0 radical (unpaired) electrons. The third-order valence-corrected chi connectivity index (χ3v) is 6.39. The van der Waals surface area contributed by atoms with Gasteiger partial charge in [0.2, 0.25) is 17.6 Å². The number of nitrogens with one attached hydrogen (secondary N) is 2. The fourth-order valence-corrected chi connectivity index (χ4v) is 4.63. The minimum atomic E-state index is -0.598. The van der Waals surface area contributed by atoms with E-state index in [0.717, 1.165) is 30.4 Å². The number of fused-ring (bicyclic) bond motifs is 3. The number of rotatable bonds is 7. The van der Waals surface area contributed by atoms with E-state index < -0.39 is 24.0 Å². The lowest BCUT2D eigenvalue weighted by molar-refractivity contribution is -0.122. The molecule has 4 aromatic rings. The first-order chi connectivity index (χ1) is 17.4. The molecule has 2 aromatic heterocycles. The Hall–Kier alpha value is -4.28. The molecular weight excluding hydrogens is 467 g/mol. The molecule has 1 aliphatic rings. The molecule has 1 fully saturated rings. The average molecular weight is 493 g/mol. The monoisotopic (exact) mass is 492 g/mol. The van der Waals surface area contributed by atoms with Gasteiger partial charge in [-0.05, 0) is 49.2 Å². The number of carbonyl (C=O) groups is 2. The zero-order chi connectivity index (χ0) is 25.2. The van der Waals surface area contributed by atoms with Crippen molar-refractivity contribution < 1.29 is 14.0 Å². The number of anilines is 1. The van der Waals surface area contributed by atoms with E-state index in [0.29, 0.717) is 16.6 Å².